The first-order valence-corrected chi connectivity index (χ1v) is 8.90. The third-order valence-corrected chi connectivity index (χ3v) is 4.66. The van der Waals surface area contributed by atoms with E-state index in [0.717, 1.165) is 37.8 Å². The monoisotopic (exact) mass is 349 g/mol. The average molecular weight is 349 g/mol. The molecule has 1 unspecified atom stereocenters. The second kappa shape index (κ2) is 9.98. The first-order chi connectivity index (χ1) is 12.1. The number of carbonyl (C=O) groups is 1. The molecule has 25 heavy (non-hydrogen) atoms. The normalized spacial score (nSPS) is 17.4. The first kappa shape index (κ1) is 19.2. The van der Waals surface area contributed by atoms with Gasteiger partial charge < -0.3 is 15.0 Å². The molecule has 0 bridgehead atoms. The Morgan fingerprint density at radius 2 is 2.12 bits per heavy atom. The van der Waals surface area contributed by atoms with E-state index in [1.807, 2.05) is 0 Å². The van der Waals surface area contributed by atoms with Gasteiger partial charge in [-0.1, -0.05) is 12.1 Å². The molecule has 1 aromatic carbocycles. The minimum atomic E-state index is -0.402. The summed E-state index contributed by atoms with van der Waals surface area (Å²) in [6.07, 6.45) is 5.52. The van der Waals surface area contributed by atoms with Crippen LogP contribution in [0.25, 0.3) is 0 Å². The van der Waals surface area contributed by atoms with Gasteiger partial charge in [0.2, 0.25) is 0 Å². The Morgan fingerprint density at radius 3 is 2.76 bits per heavy atom. The number of carbonyl (C=O) groups excluding carboxylic acids is 1. The molecule has 7 heteroatoms. The van der Waals surface area contributed by atoms with E-state index in [9.17, 15) is 14.9 Å². The summed E-state index contributed by atoms with van der Waals surface area (Å²) in [4.78, 5) is 24.1. The van der Waals surface area contributed by atoms with Gasteiger partial charge in [0.05, 0.1) is 11.5 Å². The van der Waals surface area contributed by atoms with Crippen molar-refractivity contribution in [2.24, 2.45) is 0 Å². The van der Waals surface area contributed by atoms with Gasteiger partial charge in [-0.05, 0) is 57.7 Å². The standard InChI is InChI=1S/C18H27N3O4/c1-20-13-4-6-16(20)11-12-19-18(22)25-14-3-2-5-15-7-9-17(10-8-15)21(23)24/h7-10,16H,2-6,11-14H2,1H3,(H,19,22). The second-order valence-corrected chi connectivity index (χ2v) is 6.51. The highest BCUT2D eigenvalue weighted by atomic mass is 16.6. The summed E-state index contributed by atoms with van der Waals surface area (Å²) in [7, 11) is 2.13. The zero-order valence-electron chi connectivity index (χ0n) is 14.8. The van der Waals surface area contributed by atoms with Crippen molar-refractivity contribution in [1.29, 1.82) is 0 Å². The lowest BCUT2D eigenvalue weighted by atomic mass is 10.1. The van der Waals surface area contributed by atoms with Gasteiger partial charge in [0.25, 0.3) is 5.69 Å². The summed E-state index contributed by atoms with van der Waals surface area (Å²) in [5, 5.41) is 13.4. The number of benzene rings is 1. The van der Waals surface area contributed by atoms with Crippen LogP contribution in [0.3, 0.4) is 0 Å². The number of nitro benzene ring substituents is 1. The minimum Gasteiger partial charge on any atom is -0.450 e. The van der Waals surface area contributed by atoms with Crippen molar-refractivity contribution in [2.75, 3.05) is 26.7 Å². The zero-order chi connectivity index (χ0) is 18.1. The van der Waals surface area contributed by atoms with Gasteiger partial charge in [-0.25, -0.2) is 4.79 Å². The number of nitrogens with one attached hydrogen (secondary N) is 1. The lowest BCUT2D eigenvalue weighted by molar-refractivity contribution is -0.384. The molecule has 1 aromatic rings. The summed E-state index contributed by atoms with van der Waals surface area (Å²) in [5.41, 5.74) is 1.16. The molecule has 1 fully saturated rings. The van der Waals surface area contributed by atoms with Crippen LogP contribution >= 0.6 is 0 Å². The highest BCUT2D eigenvalue weighted by molar-refractivity contribution is 5.66. The molecule has 0 aromatic heterocycles. The molecule has 7 nitrogen and oxygen atoms in total. The number of rotatable bonds is 9. The summed E-state index contributed by atoms with van der Waals surface area (Å²) in [6, 6.07) is 7.14. The molecule has 1 atom stereocenters. The second-order valence-electron chi connectivity index (χ2n) is 6.51. The summed E-state index contributed by atoms with van der Waals surface area (Å²) < 4.78 is 5.17. The molecule has 2 rings (SSSR count). The van der Waals surface area contributed by atoms with E-state index in [1.165, 1.54) is 25.0 Å². The number of hydrogen-bond donors (Lipinski definition) is 1. The zero-order valence-corrected chi connectivity index (χ0v) is 14.8. The van der Waals surface area contributed by atoms with Crippen LogP contribution < -0.4 is 5.32 Å². The maximum absolute atomic E-state index is 11.6. The van der Waals surface area contributed by atoms with Crippen molar-refractivity contribution in [2.45, 2.75) is 44.6 Å². The summed E-state index contributed by atoms with van der Waals surface area (Å²) >= 11 is 0. The molecule has 1 amide bonds. The van der Waals surface area contributed by atoms with Crippen molar-refractivity contribution in [1.82, 2.24) is 10.2 Å². The molecule has 0 saturated carbocycles. The number of likely N-dealkylation sites (tertiary alicyclic amines) is 1. The smallest absolute Gasteiger partial charge is 0.407 e. The molecule has 0 spiro atoms. The Balaban J connectivity index is 1.50. The highest BCUT2D eigenvalue weighted by Gasteiger charge is 2.20. The Labute approximate surface area is 148 Å². The number of unbranched alkanes of at least 4 members (excludes halogenated alkanes) is 1. The van der Waals surface area contributed by atoms with Crippen LogP contribution in [-0.2, 0) is 11.2 Å². The van der Waals surface area contributed by atoms with Crippen LogP contribution in [0.2, 0.25) is 0 Å². The van der Waals surface area contributed by atoms with E-state index in [0.29, 0.717) is 19.2 Å². The molecule has 138 valence electrons. The van der Waals surface area contributed by atoms with Crippen molar-refractivity contribution in [3.8, 4) is 0 Å². The molecule has 0 radical (unpaired) electrons. The molecular weight excluding hydrogens is 322 g/mol. The molecule has 1 heterocycles. The number of alkyl carbamates (subject to hydrolysis) is 1. The highest BCUT2D eigenvalue weighted by Crippen LogP contribution is 2.17. The number of non-ortho nitro benzene ring substituents is 1. The van der Waals surface area contributed by atoms with Gasteiger partial charge in [-0.3, -0.25) is 10.1 Å². The largest absolute Gasteiger partial charge is 0.450 e. The number of ether oxygens (including phenoxy) is 1. The van der Waals surface area contributed by atoms with Gasteiger partial charge in [0.1, 0.15) is 0 Å². The number of nitrogens with zero attached hydrogens (tertiary/aromatic N) is 2. The fraction of sp³-hybridized carbons (Fsp3) is 0.611. The fourth-order valence-electron chi connectivity index (χ4n) is 3.12. The number of hydrogen-bond acceptors (Lipinski definition) is 5. The third kappa shape index (κ3) is 6.70. The Hall–Kier alpha value is -2.15. The van der Waals surface area contributed by atoms with Crippen molar-refractivity contribution < 1.29 is 14.5 Å². The van der Waals surface area contributed by atoms with E-state index >= 15 is 0 Å². The Morgan fingerprint density at radius 1 is 1.36 bits per heavy atom. The molecule has 1 saturated heterocycles. The number of nitro groups is 1. The minimum absolute atomic E-state index is 0.104. The molecular formula is C18H27N3O4. The first-order valence-electron chi connectivity index (χ1n) is 8.90. The molecule has 1 aliphatic rings. The topological polar surface area (TPSA) is 84.7 Å². The lowest BCUT2D eigenvalue weighted by Gasteiger charge is -2.19. The van der Waals surface area contributed by atoms with Crippen LogP contribution in [0.5, 0.6) is 0 Å². The van der Waals surface area contributed by atoms with E-state index in [-0.39, 0.29) is 11.8 Å². The van der Waals surface area contributed by atoms with Gasteiger partial charge in [0, 0.05) is 24.7 Å². The SMILES string of the molecule is CN1CCCC1CCNC(=O)OCCCCc1ccc([N+](=O)[O-])cc1. The summed E-state index contributed by atoms with van der Waals surface area (Å²) in [5.74, 6) is 0. The van der Waals surface area contributed by atoms with Crippen molar-refractivity contribution >= 4 is 11.8 Å². The van der Waals surface area contributed by atoms with Gasteiger partial charge >= 0.3 is 6.09 Å². The summed E-state index contributed by atoms with van der Waals surface area (Å²) in [6.45, 7) is 2.18. The average Bonchev–Trinajstić information content (AvgIpc) is 3.00. The van der Waals surface area contributed by atoms with Crippen LogP contribution in [-0.4, -0.2) is 48.7 Å². The van der Waals surface area contributed by atoms with Crippen molar-refractivity contribution in [3.05, 3.63) is 39.9 Å². The van der Waals surface area contributed by atoms with Crippen molar-refractivity contribution in [3.63, 3.8) is 0 Å². The van der Waals surface area contributed by atoms with Crippen LogP contribution in [0, 0.1) is 10.1 Å². The lowest BCUT2D eigenvalue weighted by Crippen LogP contribution is -2.32. The van der Waals surface area contributed by atoms with Crippen LogP contribution in [0.1, 0.15) is 37.7 Å². The van der Waals surface area contributed by atoms with Gasteiger partial charge in [0.15, 0.2) is 0 Å². The fourth-order valence-corrected chi connectivity index (χ4v) is 3.12. The van der Waals surface area contributed by atoms with E-state index in [1.54, 1.807) is 12.1 Å². The third-order valence-electron chi connectivity index (χ3n) is 4.66. The Kier molecular flexibility index (Phi) is 7.66. The number of amides is 1. The Bertz CT molecular complexity index is 562. The molecule has 1 N–H and O–H groups in total. The maximum atomic E-state index is 11.6. The van der Waals surface area contributed by atoms with E-state index in [4.69, 9.17) is 4.74 Å². The van der Waals surface area contributed by atoms with Crippen LogP contribution in [0.15, 0.2) is 24.3 Å². The van der Waals surface area contributed by atoms with Crippen LogP contribution in [0.4, 0.5) is 10.5 Å². The predicted molar refractivity (Wildman–Crippen MR) is 95.7 cm³/mol. The quantitative estimate of drug-likeness (QED) is 0.421. The molecule has 1 aliphatic heterocycles. The predicted octanol–water partition coefficient (Wildman–Crippen LogP) is 3.13. The number of aryl methyl sites for hydroxylation is 1. The molecule has 0 aliphatic carbocycles. The maximum Gasteiger partial charge on any atom is 0.407 e. The van der Waals surface area contributed by atoms with Gasteiger partial charge in [-0.15, -0.1) is 0 Å². The van der Waals surface area contributed by atoms with E-state index < -0.39 is 4.92 Å². The van der Waals surface area contributed by atoms with Gasteiger partial charge in [-0.2, -0.15) is 0 Å². The van der Waals surface area contributed by atoms with E-state index in [2.05, 4.69) is 17.3 Å².